The Bertz CT molecular complexity index is 772. The zero-order valence-electron chi connectivity index (χ0n) is 13.8. The molecule has 24 heavy (non-hydrogen) atoms. The maximum Gasteiger partial charge on any atom is 0.375 e. The average Bonchev–Trinajstić information content (AvgIpc) is 2.95. The van der Waals surface area contributed by atoms with Crippen LogP contribution in [0.2, 0.25) is 0 Å². The predicted octanol–water partition coefficient (Wildman–Crippen LogP) is 3.42. The van der Waals surface area contributed by atoms with Gasteiger partial charge in [0.2, 0.25) is 5.76 Å². The molecule has 1 heterocycles. The zero-order chi connectivity index (χ0) is 17.7. The molecule has 6 heteroatoms. The number of benzene rings is 1. The van der Waals surface area contributed by atoms with Gasteiger partial charge in [0.1, 0.15) is 5.56 Å². The zero-order valence-corrected chi connectivity index (χ0v) is 13.8. The highest BCUT2D eigenvalue weighted by molar-refractivity contribution is 6.09. The van der Waals surface area contributed by atoms with E-state index in [0.29, 0.717) is 11.8 Å². The molecule has 0 radical (unpaired) electrons. The molecule has 0 aliphatic carbocycles. The fraction of sp³-hybridized carbons (Fsp3) is 0.278. The first kappa shape index (κ1) is 17.5. The van der Waals surface area contributed by atoms with Crippen molar-refractivity contribution in [2.24, 2.45) is 0 Å². The van der Waals surface area contributed by atoms with Crippen molar-refractivity contribution in [1.29, 1.82) is 0 Å². The minimum Gasteiger partial charge on any atom is -0.462 e. The molecular weight excluding hydrogens is 312 g/mol. The second-order valence-electron chi connectivity index (χ2n) is 4.97. The summed E-state index contributed by atoms with van der Waals surface area (Å²) in [5.74, 6) is -2.00. The normalized spacial score (nSPS) is 10.3. The van der Waals surface area contributed by atoms with E-state index in [4.69, 9.17) is 13.9 Å². The molecule has 0 atom stereocenters. The minimum absolute atomic E-state index is 0.0944. The minimum atomic E-state index is -0.817. The second-order valence-corrected chi connectivity index (χ2v) is 4.97. The number of carbonyl (C=O) groups excluding carboxylic acids is 3. The summed E-state index contributed by atoms with van der Waals surface area (Å²) < 4.78 is 15.3. The SMILES string of the molecule is CCOC(=O)c1oc(C=O)c(-c2cccc(C)c2)c1C(=O)OCC. The number of rotatable bonds is 6. The smallest absolute Gasteiger partial charge is 0.375 e. The van der Waals surface area contributed by atoms with E-state index in [1.165, 1.54) is 0 Å². The molecule has 0 aliphatic rings. The maximum absolute atomic E-state index is 12.4. The van der Waals surface area contributed by atoms with Crippen LogP contribution in [-0.4, -0.2) is 31.4 Å². The largest absolute Gasteiger partial charge is 0.462 e. The van der Waals surface area contributed by atoms with Crippen molar-refractivity contribution in [3.63, 3.8) is 0 Å². The van der Waals surface area contributed by atoms with Crippen LogP contribution in [0.3, 0.4) is 0 Å². The van der Waals surface area contributed by atoms with E-state index in [2.05, 4.69) is 0 Å². The van der Waals surface area contributed by atoms with E-state index in [1.54, 1.807) is 32.0 Å². The Balaban J connectivity index is 2.73. The van der Waals surface area contributed by atoms with E-state index in [9.17, 15) is 14.4 Å². The van der Waals surface area contributed by atoms with Gasteiger partial charge in [-0.2, -0.15) is 0 Å². The van der Waals surface area contributed by atoms with Crippen LogP contribution in [-0.2, 0) is 9.47 Å². The summed E-state index contributed by atoms with van der Waals surface area (Å²) in [6.07, 6.45) is 0.461. The van der Waals surface area contributed by atoms with Gasteiger partial charge < -0.3 is 13.9 Å². The Morgan fingerprint density at radius 2 is 1.79 bits per heavy atom. The Morgan fingerprint density at radius 1 is 1.12 bits per heavy atom. The fourth-order valence-corrected chi connectivity index (χ4v) is 2.36. The number of hydrogen-bond acceptors (Lipinski definition) is 6. The molecule has 0 fully saturated rings. The number of carbonyl (C=O) groups is 3. The molecule has 0 spiro atoms. The molecule has 1 aromatic carbocycles. The van der Waals surface area contributed by atoms with E-state index >= 15 is 0 Å². The van der Waals surface area contributed by atoms with E-state index in [-0.39, 0.29) is 35.9 Å². The summed E-state index contributed by atoms with van der Waals surface area (Å²) in [5.41, 5.74) is 1.65. The van der Waals surface area contributed by atoms with Gasteiger partial charge >= 0.3 is 11.9 Å². The lowest BCUT2D eigenvalue weighted by Gasteiger charge is -2.06. The molecular formula is C18H18O6. The predicted molar refractivity (Wildman–Crippen MR) is 86.2 cm³/mol. The molecule has 0 saturated heterocycles. The molecule has 0 unspecified atom stereocenters. The lowest BCUT2D eigenvalue weighted by atomic mass is 9.98. The molecule has 0 aliphatic heterocycles. The van der Waals surface area contributed by atoms with Crippen LogP contribution in [0.25, 0.3) is 11.1 Å². The highest BCUT2D eigenvalue weighted by Gasteiger charge is 2.32. The van der Waals surface area contributed by atoms with Crippen molar-refractivity contribution in [3.8, 4) is 11.1 Å². The Kier molecular flexibility index (Phi) is 5.52. The van der Waals surface area contributed by atoms with Gasteiger partial charge in [-0.05, 0) is 26.3 Å². The van der Waals surface area contributed by atoms with Gasteiger partial charge in [0.25, 0.3) is 0 Å². The number of esters is 2. The summed E-state index contributed by atoms with van der Waals surface area (Å²) in [4.78, 5) is 35.9. The highest BCUT2D eigenvalue weighted by Crippen LogP contribution is 2.33. The van der Waals surface area contributed by atoms with Gasteiger partial charge in [-0.15, -0.1) is 0 Å². The number of furan rings is 1. The van der Waals surface area contributed by atoms with E-state index < -0.39 is 11.9 Å². The maximum atomic E-state index is 12.4. The molecule has 1 aromatic heterocycles. The molecule has 0 saturated carbocycles. The summed E-state index contributed by atoms with van der Waals surface area (Å²) in [6.45, 7) is 5.39. The molecule has 2 rings (SSSR count). The molecule has 0 amide bonds. The van der Waals surface area contributed by atoms with Crippen molar-refractivity contribution in [2.75, 3.05) is 13.2 Å². The molecule has 2 aromatic rings. The van der Waals surface area contributed by atoms with Crippen molar-refractivity contribution < 1.29 is 28.3 Å². The number of hydrogen-bond donors (Lipinski definition) is 0. The molecule has 126 valence electrons. The van der Waals surface area contributed by atoms with Crippen LogP contribution in [0.15, 0.2) is 28.7 Å². The Labute approximate surface area is 139 Å². The quantitative estimate of drug-likeness (QED) is 0.596. The van der Waals surface area contributed by atoms with Crippen LogP contribution in [0.1, 0.15) is 50.9 Å². The highest BCUT2D eigenvalue weighted by atomic mass is 16.5. The molecule has 0 N–H and O–H groups in total. The number of aldehydes is 1. The third-order valence-electron chi connectivity index (χ3n) is 3.29. The first-order valence-electron chi connectivity index (χ1n) is 7.56. The van der Waals surface area contributed by atoms with Crippen LogP contribution < -0.4 is 0 Å². The standard InChI is InChI=1S/C18H18O6/c1-4-22-17(20)15-14(12-8-6-7-11(3)9-12)13(10-19)24-16(15)18(21)23-5-2/h6-10H,4-5H2,1-3H3. The third kappa shape index (κ3) is 3.37. The van der Waals surface area contributed by atoms with Crippen LogP contribution in [0.4, 0.5) is 0 Å². The van der Waals surface area contributed by atoms with Crippen LogP contribution in [0, 0.1) is 6.92 Å². The van der Waals surface area contributed by atoms with E-state index in [1.807, 2.05) is 13.0 Å². The second kappa shape index (κ2) is 7.59. The number of aryl methyl sites for hydroxylation is 1. The van der Waals surface area contributed by atoms with Crippen molar-refractivity contribution in [2.45, 2.75) is 20.8 Å². The third-order valence-corrected chi connectivity index (χ3v) is 3.29. The van der Waals surface area contributed by atoms with Gasteiger partial charge in [-0.1, -0.05) is 29.8 Å². The van der Waals surface area contributed by atoms with Crippen molar-refractivity contribution >= 4 is 18.2 Å². The molecule has 0 bridgehead atoms. The van der Waals surface area contributed by atoms with Gasteiger partial charge in [0.15, 0.2) is 12.0 Å². The lowest BCUT2D eigenvalue weighted by Crippen LogP contribution is -2.13. The van der Waals surface area contributed by atoms with Crippen LogP contribution in [0.5, 0.6) is 0 Å². The first-order chi connectivity index (χ1) is 11.5. The van der Waals surface area contributed by atoms with Crippen molar-refractivity contribution in [3.05, 3.63) is 46.9 Å². The Morgan fingerprint density at radius 3 is 2.38 bits per heavy atom. The van der Waals surface area contributed by atoms with E-state index in [0.717, 1.165) is 5.56 Å². The van der Waals surface area contributed by atoms with Crippen LogP contribution >= 0.6 is 0 Å². The lowest BCUT2D eigenvalue weighted by molar-refractivity contribution is 0.0451. The van der Waals surface area contributed by atoms with Gasteiger partial charge in [-0.3, -0.25) is 4.79 Å². The average molecular weight is 330 g/mol. The summed E-state index contributed by atoms with van der Waals surface area (Å²) in [7, 11) is 0. The summed E-state index contributed by atoms with van der Waals surface area (Å²) in [5, 5.41) is 0. The van der Waals surface area contributed by atoms with Crippen molar-refractivity contribution in [1.82, 2.24) is 0 Å². The van der Waals surface area contributed by atoms with Gasteiger partial charge in [0.05, 0.1) is 13.2 Å². The first-order valence-corrected chi connectivity index (χ1v) is 7.56. The summed E-state index contributed by atoms with van der Waals surface area (Å²) in [6, 6.07) is 7.17. The monoisotopic (exact) mass is 330 g/mol. The molecule has 6 nitrogen and oxygen atoms in total. The Hall–Kier alpha value is -2.89. The summed E-state index contributed by atoms with van der Waals surface area (Å²) >= 11 is 0. The topological polar surface area (TPSA) is 82.8 Å². The number of ether oxygens (including phenoxy) is 2. The van der Waals surface area contributed by atoms with Gasteiger partial charge in [0, 0.05) is 5.56 Å². The fourth-order valence-electron chi connectivity index (χ4n) is 2.36. The van der Waals surface area contributed by atoms with Gasteiger partial charge in [-0.25, -0.2) is 9.59 Å².